The van der Waals surface area contributed by atoms with E-state index in [4.69, 9.17) is 0 Å². The summed E-state index contributed by atoms with van der Waals surface area (Å²) in [6.07, 6.45) is 3.97. The van der Waals surface area contributed by atoms with Gasteiger partial charge in [-0.2, -0.15) is 0 Å². The first-order valence-corrected chi connectivity index (χ1v) is 13.8. The number of amides is 4. The molecule has 2 unspecified atom stereocenters. The molecule has 3 aromatic rings. The molecular weight excluding hydrogens is 510 g/mol. The van der Waals surface area contributed by atoms with Gasteiger partial charge in [-0.25, -0.2) is 4.68 Å². The van der Waals surface area contributed by atoms with E-state index < -0.39 is 35.7 Å². The van der Waals surface area contributed by atoms with E-state index in [9.17, 15) is 19.2 Å². The third-order valence-electron chi connectivity index (χ3n) is 8.57. The molecule has 7 rings (SSSR count). The molecule has 2 atom stereocenters. The molecule has 204 valence electrons. The molecule has 1 saturated heterocycles. The fraction of sp³-hybridized carbons (Fsp3) is 0.414. The van der Waals surface area contributed by atoms with E-state index in [2.05, 4.69) is 57.3 Å². The van der Waals surface area contributed by atoms with Crippen LogP contribution in [-0.2, 0) is 22.4 Å². The van der Waals surface area contributed by atoms with Gasteiger partial charge in [0.15, 0.2) is 5.82 Å². The van der Waals surface area contributed by atoms with Gasteiger partial charge in [-0.15, -0.1) is 5.10 Å². The highest BCUT2D eigenvalue weighted by Gasteiger charge is 2.47. The second-order valence-electron chi connectivity index (χ2n) is 11.7. The summed E-state index contributed by atoms with van der Waals surface area (Å²) in [4.78, 5) is 52.7. The minimum Gasteiger partial charge on any atom is -0.303 e. The van der Waals surface area contributed by atoms with Crippen LogP contribution >= 0.6 is 0 Å². The van der Waals surface area contributed by atoms with Gasteiger partial charge in [-0.3, -0.25) is 29.4 Å². The quantitative estimate of drug-likeness (QED) is 0.434. The number of benzene rings is 2. The van der Waals surface area contributed by atoms with E-state index in [0.29, 0.717) is 17.9 Å². The molecule has 40 heavy (non-hydrogen) atoms. The fourth-order valence-corrected chi connectivity index (χ4v) is 6.45. The molecule has 3 heterocycles. The average Bonchev–Trinajstić information content (AvgIpc) is 3.47. The topological polar surface area (TPSA) is 139 Å². The minimum atomic E-state index is -1.03. The lowest BCUT2D eigenvalue weighted by molar-refractivity contribution is -0.136. The van der Waals surface area contributed by atoms with Gasteiger partial charge >= 0.3 is 0 Å². The molecule has 2 aliphatic carbocycles. The summed E-state index contributed by atoms with van der Waals surface area (Å²) in [5.74, 6) is -1.52. The van der Waals surface area contributed by atoms with Gasteiger partial charge in [0.2, 0.25) is 11.8 Å². The summed E-state index contributed by atoms with van der Waals surface area (Å²) in [7, 11) is 0. The monoisotopic (exact) mass is 539 g/mol. The number of rotatable bonds is 7. The third-order valence-corrected chi connectivity index (χ3v) is 8.57. The average molecular weight is 540 g/mol. The highest BCUT2D eigenvalue weighted by Crippen LogP contribution is 2.40. The molecule has 1 aromatic heterocycles. The Morgan fingerprint density at radius 2 is 1.75 bits per heavy atom. The smallest absolute Gasteiger partial charge is 0.262 e. The van der Waals surface area contributed by atoms with Crippen LogP contribution in [0.25, 0.3) is 0 Å². The molecule has 11 nitrogen and oxygen atoms in total. The van der Waals surface area contributed by atoms with Crippen molar-refractivity contribution in [2.75, 3.05) is 6.54 Å². The number of aromatic nitrogens is 4. The summed E-state index contributed by atoms with van der Waals surface area (Å²) in [6.45, 7) is 2.88. The van der Waals surface area contributed by atoms with Crippen LogP contribution < -0.4 is 10.6 Å². The Balaban J connectivity index is 1.25. The van der Waals surface area contributed by atoms with Crippen molar-refractivity contribution in [1.29, 1.82) is 0 Å². The normalized spacial score (nSPS) is 22.3. The fourth-order valence-electron chi connectivity index (χ4n) is 6.45. The Bertz CT molecular complexity index is 1550. The van der Waals surface area contributed by atoms with Crippen LogP contribution in [0, 0.1) is 5.41 Å². The minimum absolute atomic E-state index is 0.0592. The molecule has 4 aliphatic rings. The number of piperidine rings is 1. The zero-order valence-corrected chi connectivity index (χ0v) is 22.1. The van der Waals surface area contributed by atoms with Gasteiger partial charge in [0.1, 0.15) is 6.04 Å². The Morgan fingerprint density at radius 1 is 1.00 bits per heavy atom. The number of tetrazole rings is 1. The Labute approximate surface area is 230 Å². The molecule has 1 saturated carbocycles. The summed E-state index contributed by atoms with van der Waals surface area (Å²) in [6, 6.07) is 12.3. The van der Waals surface area contributed by atoms with Crippen molar-refractivity contribution in [1.82, 2.24) is 35.7 Å². The zero-order chi connectivity index (χ0) is 27.6. The van der Waals surface area contributed by atoms with Crippen molar-refractivity contribution in [3.63, 3.8) is 0 Å². The van der Waals surface area contributed by atoms with Crippen molar-refractivity contribution < 1.29 is 19.2 Å². The van der Waals surface area contributed by atoms with Gasteiger partial charge in [0.25, 0.3) is 11.8 Å². The largest absolute Gasteiger partial charge is 0.303 e. The highest BCUT2D eigenvalue weighted by atomic mass is 16.2. The Hall–Kier alpha value is -4.25. The summed E-state index contributed by atoms with van der Waals surface area (Å²) in [5, 5.41) is 18.6. The molecule has 2 aromatic carbocycles. The molecule has 4 amide bonds. The lowest BCUT2D eigenvalue weighted by Gasteiger charge is -2.29. The van der Waals surface area contributed by atoms with Crippen LogP contribution in [0.1, 0.15) is 87.9 Å². The number of fused-ring (bicyclic) bond motifs is 2. The zero-order valence-electron chi connectivity index (χ0n) is 22.1. The van der Waals surface area contributed by atoms with E-state index >= 15 is 0 Å². The van der Waals surface area contributed by atoms with E-state index in [0.717, 1.165) is 30.6 Å². The van der Waals surface area contributed by atoms with Gasteiger partial charge in [0.05, 0.1) is 23.2 Å². The van der Waals surface area contributed by atoms with Crippen molar-refractivity contribution in [3.8, 4) is 0 Å². The first-order valence-electron chi connectivity index (χ1n) is 13.8. The number of hydrogen-bond donors (Lipinski definition) is 2. The molecule has 2 fully saturated rings. The number of carbonyl (C=O) groups is 4. The van der Waals surface area contributed by atoms with Crippen LogP contribution in [0.4, 0.5) is 0 Å². The third kappa shape index (κ3) is 4.03. The maximum atomic E-state index is 13.9. The van der Waals surface area contributed by atoms with Crippen molar-refractivity contribution in [2.45, 2.75) is 63.6 Å². The Morgan fingerprint density at radius 3 is 2.45 bits per heavy atom. The van der Waals surface area contributed by atoms with Gasteiger partial charge in [-0.05, 0) is 70.7 Å². The number of nitrogens with zero attached hydrogens (tertiary/aromatic N) is 5. The van der Waals surface area contributed by atoms with Crippen molar-refractivity contribution >= 4 is 23.6 Å². The number of carbonyl (C=O) groups excluding carboxylic acids is 4. The molecule has 0 bridgehead atoms. The molecule has 2 aliphatic heterocycles. The first kappa shape index (κ1) is 24.8. The lowest BCUT2D eigenvalue weighted by atomic mass is 9.86. The second kappa shape index (κ2) is 9.16. The van der Waals surface area contributed by atoms with Crippen LogP contribution in [0.2, 0.25) is 0 Å². The number of hydrogen-bond acceptors (Lipinski definition) is 8. The molecule has 2 N–H and O–H groups in total. The predicted molar refractivity (Wildman–Crippen MR) is 141 cm³/mol. The molecule has 0 radical (unpaired) electrons. The van der Waals surface area contributed by atoms with E-state index in [1.807, 2.05) is 10.7 Å². The summed E-state index contributed by atoms with van der Waals surface area (Å²) < 4.78 is 1.82. The van der Waals surface area contributed by atoms with Crippen LogP contribution in [-0.4, -0.2) is 61.3 Å². The lowest BCUT2D eigenvalue weighted by Crippen LogP contribution is -2.54. The number of imide groups is 2. The van der Waals surface area contributed by atoms with Crippen LogP contribution in [0.15, 0.2) is 42.5 Å². The van der Waals surface area contributed by atoms with Crippen LogP contribution in [0.3, 0.4) is 0 Å². The van der Waals surface area contributed by atoms with E-state index in [1.54, 1.807) is 12.1 Å². The maximum Gasteiger partial charge on any atom is 0.262 e. The van der Waals surface area contributed by atoms with E-state index in [-0.39, 0.29) is 35.4 Å². The van der Waals surface area contributed by atoms with Gasteiger partial charge in [0, 0.05) is 13.0 Å². The molecule has 0 spiro atoms. The van der Waals surface area contributed by atoms with Crippen molar-refractivity contribution in [2.24, 2.45) is 5.41 Å². The highest BCUT2D eigenvalue weighted by molar-refractivity contribution is 6.24. The second-order valence-corrected chi connectivity index (χ2v) is 11.7. The van der Waals surface area contributed by atoms with E-state index in [1.165, 1.54) is 11.1 Å². The van der Waals surface area contributed by atoms with Gasteiger partial charge < -0.3 is 5.32 Å². The van der Waals surface area contributed by atoms with Crippen molar-refractivity contribution in [3.05, 3.63) is 76.1 Å². The first-order chi connectivity index (χ1) is 19.3. The van der Waals surface area contributed by atoms with Crippen LogP contribution in [0.5, 0.6) is 0 Å². The standard InChI is InChI=1S/C29H29N7O4/c1-29(13-16-5-2-3-6-17(16)14-29)15-30-24(25-32-33-34-36(25)18-9-10-18)19-7-4-8-20-23(19)28(40)35(27(20)39)21-11-12-22(37)31-26(21)38/h2-8,18,21,24,30H,9-15H2,1H3,(H,31,37,38). The predicted octanol–water partition coefficient (Wildman–Crippen LogP) is 1.89. The molecule has 11 heteroatoms. The van der Waals surface area contributed by atoms with Gasteiger partial charge in [-0.1, -0.05) is 43.3 Å². The molecular formula is C29H29N7O4. The maximum absolute atomic E-state index is 13.9. The SMILES string of the molecule is CC1(CNC(c2cccc3c2C(=O)N(C2CCC(=O)NC2=O)C3=O)c2nnnn2C2CC2)Cc2ccccc2C1. The summed E-state index contributed by atoms with van der Waals surface area (Å²) >= 11 is 0. The number of nitrogens with one attached hydrogen (secondary N) is 2. The Kier molecular flexibility index (Phi) is 5.67. The summed E-state index contributed by atoms with van der Waals surface area (Å²) in [5.41, 5.74) is 3.71.